The number of rotatable bonds is 8. The van der Waals surface area contributed by atoms with Crippen LogP contribution in [-0.4, -0.2) is 71.9 Å². The summed E-state index contributed by atoms with van der Waals surface area (Å²) in [5.41, 5.74) is -5.23. The predicted octanol–water partition coefficient (Wildman–Crippen LogP) is 3.32. The number of nitrogens with one attached hydrogen (secondary N) is 2. The molecule has 1 aromatic heterocycles. The van der Waals surface area contributed by atoms with Crippen molar-refractivity contribution in [2.24, 2.45) is 0 Å². The van der Waals surface area contributed by atoms with E-state index < -0.39 is 63.5 Å². The Labute approximate surface area is 231 Å². The van der Waals surface area contributed by atoms with E-state index in [4.69, 9.17) is 4.74 Å². The number of anilines is 2. The van der Waals surface area contributed by atoms with E-state index in [-0.39, 0.29) is 34.0 Å². The van der Waals surface area contributed by atoms with Crippen molar-refractivity contribution < 1.29 is 54.5 Å². The smallest absolute Gasteiger partial charge is 0.427 e. The van der Waals surface area contributed by atoms with Crippen LogP contribution in [0.3, 0.4) is 0 Å². The molecule has 1 aliphatic rings. The van der Waals surface area contributed by atoms with Crippen LogP contribution < -0.4 is 19.7 Å². The molecule has 3 rings (SSSR count). The Hall–Kier alpha value is -3.67. The lowest BCUT2D eigenvalue weighted by molar-refractivity contribution is -0.242. The van der Waals surface area contributed by atoms with Gasteiger partial charge in [-0.25, -0.2) is 17.9 Å². The van der Waals surface area contributed by atoms with Crippen molar-refractivity contribution >= 4 is 33.4 Å². The van der Waals surface area contributed by atoms with Gasteiger partial charge in [-0.3, -0.25) is 14.4 Å². The van der Waals surface area contributed by atoms with E-state index in [1.807, 2.05) is 0 Å². The highest BCUT2D eigenvalue weighted by Crippen LogP contribution is 2.40. The van der Waals surface area contributed by atoms with Gasteiger partial charge in [0, 0.05) is 5.69 Å². The maximum atomic E-state index is 13.7. The maximum Gasteiger partial charge on any atom is 0.427 e. The largest absolute Gasteiger partial charge is 0.484 e. The minimum atomic E-state index is -4.88. The van der Waals surface area contributed by atoms with Crippen LogP contribution in [0.1, 0.15) is 39.9 Å². The van der Waals surface area contributed by atoms with Crippen LogP contribution in [-0.2, 0) is 19.6 Å². The zero-order chi connectivity index (χ0) is 31.1. The fourth-order valence-corrected chi connectivity index (χ4v) is 5.17. The first-order valence-corrected chi connectivity index (χ1v) is 13.3. The molecular formula is C23H28F5N5O7S. The number of aliphatic hydroxyl groups is 1. The molecular weight excluding hydrogens is 585 g/mol. The Morgan fingerprint density at radius 3 is 2.39 bits per heavy atom. The first-order valence-electron chi connectivity index (χ1n) is 11.9. The summed E-state index contributed by atoms with van der Waals surface area (Å²) in [6.45, 7) is 1.05. The summed E-state index contributed by atoms with van der Waals surface area (Å²) in [6.07, 6.45) is -6.77. The van der Waals surface area contributed by atoms with Gasteiger partial charge in [-0.2, -0.15) is 27.1 Å². The first kappa shape index (κ1) is 31.9. The molecule has 3 N–H and O–H groups in total. The van der Waals surface area contributed by atoms with Crippen LogP contribution in [0.5, 0.6) is 5.75 Å². The van der Waals surface area contributed by atoms with E-state index in [9.17, 15) is 45.1 Å². The third-order valence-electron chi connectivity index (χ3n) is 5.85. The fourth-order valence-electron chi connectivity index (χ4n) is 3.52. The Morgan fingerprint density at radius 1 is 1.22 bits per heavy atom. The van der Waals surface area contributed by atoms with Crippen LogP contribution in [0.25, 0.3) is 0 Å². The molecule has 0 unspecified atom stereocenters. The summed E-state index contributed by atoms with van der Waals surface area (Å²) in [4.78, 5) is 23.7. The number of carbonyl (C=O) groups is 2. The van der Waals surface area contributed by atoms with E-state index in [0.29, 0.717) is 20.0 Å². The lowest BCUT2D eigenvalue weighted by atomic mass is 10.1. The minimum Gasteiger partial charge on any atom is -0.484 e. The molecule has 41 heavy (non-hydrogen) atoms. The Morgan fingerprint density at radius 2 is 1.85 bits per heavy atom. The molecule has 2 amide bonds. The number of aromatic nitrogens is 2. The van der Waals surface area contributed by atoms with Crippen molar-refractivity contribution in [3.05, 3.63) is 30.1 Å². The number of ether oxygens (including phenoxy) is 2. The number of amides is 2. The Kier molecular flexibility index (Phi) is 8.51. The second kappa shape index (κ2) is 11.0. The molecule has 18 heteroatoms. The molecule has 228 valence electrons. The number of nitrogens with zero attached hydrogens (tertiary/aromatic N) is 3. The van der Waals surface area contributed by atoms with E-state index in [0.717, 1.165) is 10.4 Å². The molecule has 0 spiro atoms. The van der Waals surface area contributed by atoms with Gasteiger partial charge >= 0.3 is 18.8 Å². The van der Waals surface area contributed by atoms with E-state index in [2.05, 4.69) is 20.5 Å². The van der Waals surface area contributed by atoms with Crippen molar-refractivity contribution in [2.75, 3.05) is 22.7 Å². The SMILES string of the molecule is Cc1nn(C(F)F)cc1S(=O)(=O)N1C[C@H](CNC(=O)C(C)(C)O)Oc2ccc(NC(=O)OC(C)(C)C(F)(F)F)cc21. The van der Waals surface area contributed by atoms with E-state index in [1.165, 1.54) is 32.9 Å². The monoisotopic (exact) mass is 613 g/mol. The molecule has 1 aromatic carbocycles. The van der Waals surface area contributed by atoms with Crippen molar-refractivity contribution in [2.45, 2.75) is 69.5 Å². The number of alkyl halides is 5. The van der Waals surface area contributed by atoms with Crippen LogP contribution in [0.4, 0.5) is 38.1 Å². The second-order valence-corrected chi connectivity index (χ2v) is 11.9. The molecule has 2 aromatic rings. The molecule has 0 aliphatic carbocycles. The second-order valence-electron chi connectivity index (χ2n) is 10.1. The van der Waals surface area contributed by atoms with Crippen LogP contribution in [0.2, 0.25) is 0 Å². The molecule has 1 aliphatic heterocycles. The minimum absolute atomic E-state index is 0.0872. The zero-order valence-corrected chi connectivity index (χ0v) is 23.2. The third-order valence-corrected chi connectivity index (χ3v) is 7.74. The topological polar surface area (TPSA) is 152 Å². The molecule has 12 nitrogen and oxygen atoms in total. The van der Waals surface area contributed by atoms with Crippen LogP contribution in [0, 0.1) is 6.92 Å². The standard InChI is InChI=1S/C23H28F5N5O7S/c1-12-17(11-32(31-12)19(24)25)41(37,38)33-10-14(9-29-18(34)21(2,3)36)39-16-7-6-13(8-15(16)33)30-20(35)40-22(4,5)23(26,27)28/h6-8,11,14,19,36H,9-10H2,1-5H3,(H,29,34)(H,30,35)/t14-/m0/s1. The number of halogens is 5. The summed E-state index contributed by atoms with van der Waals surface area (Å²) >= 11 is 0. The van der Waals surface area contributed by atoms with Gasteiger partial charge in [0.15, 0.2) is 0 Å². The van der Waals surface area contributed by atoms with Gasteiger partial charge in [0.2, 0.25) is 5.60 Å². The summed E-state index contributed by atoms with van der Waals surface area (Å²) in [5.74, 6) is -0.869. The fraction of sp³-hybridized carbons (Fsp3) is 0.522. The highest BCUT2D eigenvalue weighted by Gasteiger charge is 2.51. The number of fused-ring (bicyclic) bond motifs is 1. The van der Waals surface area contributed by atoms with Gasteiger partial charge in [0.05, 0.1) is 30.7 Å². The molecule has 0 saturated carbocycles. The molecule has 0 saturated heterocycles. The van der Waals surface area contributed by atoms with Gasteiger partial charge in [0.25, 0.3) is 15.9 Å². The van der Waals surface area contributed by atoms with Crippen molar-refractivity contribution in [3.8, 4) is 5.75 Å². The van der Waals surface area contributed by atoms with E-state index >= 15 is 0 Å². The van der Waals surface area contributed by atoms with Gasteiger partial charge in [-0.15, -0.1) is 0 Å². The maximum absolute atomic E-state index is 13.7. The number of hydrogen-bond acceptors (Lipinski definition) is 8. The lowest BCUT2D eigenvalue weighted by Crippen LogP contribution is -2.51. The average molecular weight is 614 g/mol. The van der Waals surface area contributed by atoms with Crippen molar-refractivity contribution in [1.29, 1.82) is 0 Å². The number of sulfonamides is 1. The predicted molar refractivity (Wildman–Crippen MR) is 133 cm³/mol. The van der Waals surface area contributed by atoms with Gasteiger partial charge in [-0.1, -0.05) is 0 Å². The Balaban J connectivity index is 1.99. The molecule has 0 bridgehead atoms. The van der Waals surface area contributed by atoms with Gasteiger partial charge in [0.1, 0.15) is 22.4 Å². The highest BCUT2D eigenvalue weighted by molar-refractivity contribution is 7.92. The summed E-state index contributed by atoms with van der Waals surface area (Å²) < 4.78 is 104. The van der Waals surface area contributed by atoms with Crippen molar-refractivity contribution in [3.63, 3.8) is 0 Å². The summed E-state index contributed by atoms with van der Waals surface area (Å²) in [6, 6.07) is 3.48. The van der Waals surface area contributed by atoms with Crippen LogP contribution >= 0.6 is 0 Å². The molecule has 0 fully saturated rings. The van der Waals surface area contributed by atoms with Gasteiger partial charge in [-0.05, 0) is 52.8 Å². The normalized spacial score (nSPS) is 16.2. The van der Waals surface area contributed by atoms with Crippen LogP contribution in [0.15, 0.2) is 29.3 Å². The first-order chi connectivity index (χ1) is 18.6. The number of aryl methyl sites for hydroxylation is 1. The number of benzene rings is 1. The zero-order valence-electron chi connectivity index (χ0n) is 22.4. The molecule has 2 heterocycles. The third kappa shape index (κ3) is 6.98. The quantitative estimate of drug-likeness (QED) is 0.384. The summed E-state index contributed by atoms with van der Waals surface area (Å²) in [7, 11) is -4.63. The van der Waals surface area contributed by atoms with Crippen molar-refractivity contribution in [1.82, 2.24) is 15.1 Å². The molecule has 1 atom stereocenters. The Bertz CT molecular complexity index is 1420. The lowest BCUT2D eigenvalue weighted by Gasteiger charge is -2.36. The molecule has 0 radical (unpaired) electrons. The summed E-state index contributed by atoms with van der Waals surface area (Å²) in [5, 5.41) is 17.9. The average Bonchev–Trinajstić information content (AvgIpc) is 3.23. The van der Waals surface area contributed by atoms with Gasteiger partial charge < -0.3 is 19.9 Å². The number of carbonyl (C=O) groups excluding carboxylic acids is 2. The van der Waals surface area contributed by atoms with E-state index in [1.54, 1.807) is 0 Å². The highest BCUT2D eigenvalue weighted by atomic mass is 32.2. The number of hydrogen-bond donors (Lipinski definition) is 3.